The number of rotatable bonds is 6. The van der Waals surface area contributed by atoms with Gasteiger partial charge in [0.15, 0.2) is 0 Å². The van der Waals surface area contributed by atoms with E-state index in [1.807, 2.05) is 6.07 Å². The maximum absolute atomic E-state index is 14.0. The highest BCUT2D eigenvalue weighted by Gasteiger charge is 2.57. The van der Waals surface area contributed by atoms with E-state index in [0.717, 1.165) is 33.6 Å². The van der Waals surface area contributed by atoms with Gasteiger partial charge in [-0.2, -0.15) is 0 Å². The maximum Gasteiger partial charge on any atom is 0.305 e. The number of hydrogen-bond acceptors (Lipinski definition) is 8. The topological polar surface area (TPSA) is 123 Å². The van der Waals surface area contributed by atoms with Crippen LogP contribution in [0, 0.1) is 16.0 Å². The van der Waals surface area contributed by atoms with Gasteiger partial charge in [-0.15, -0.1) is 0 Å². The lowest BCUT2D eigenvalue weighted by molar-refractivity contribution is -0.385. The first-order chi connectivity index (χ1) is 19.2. The number of non-ortho nitro benzene ring substituents is 1. The standard InChI is InChI=1S/C27H17Cl2N3O6S2/c28-14-4-6-16(7-5-14)31-25(33)21-20(22-24(30-27(35)40-22)39-23(21)26(31)34)18-11-17(32(36)37)8-9-19(18)38-12-13-2-1-3-15(29)10-13/h1-11,20-21,23H,12H2,(H,30,35). The van der Waals surface area contributed by atoms with Crippen molar-refractivity contribution in [2.24, 2.45) is 5.92 Å². The third-order valence-electron chi connectivity index (χ3n) is 6.73. The fourth-order valence-corrected chi connectivity index (χ4v) is 7.85. The number of halogens is 2. The summed E-state index contributed by atoms with van der Waals surface area (Å²) in [6.07, 6.45) is 0. The van der Waals surface area contributed by atoms with E-state index in [0.29, 0.717) is 36.9 Å². The van der Waals surface area contributed by atoms with Crippen LogP contribution in [0.2, 0.25) is 10.0 Å². The number of carbonyl (C=O) groups excluding carboxylic acids is 2. The van der Waals surface area contributed by atoms with Crippen LogP contribution in [0.5, 0.6) is 5.75 Å². The van der Waals surface area contributed by atoms with Crippen molar-refractivity contribution in [1.82, 2.24) is 4.98 Å². The zero-order valence-electron chi connectivity index (χ0n) is 20.2. The Morgan fingerprint density at radius 3 is 2.48 bits per heavy atom. The molecule has 3 heterocycles. The number of fused-ring (bicyclic) bond motifs is 2. The van der Waals surface area contributed by atoms with Crippen molar-refractivity contribution < 1.29 is 19.2 Å². The largest absolute Gasteiger partial charge is 0.489 e. The molecule has 1 aromatic heterocycles. The lowest BCUT2D eigenvalue weighted by Crippen LogP contribution is -2.32. The number of nitro groups is 1. The highest BCUT2D eigenvalue weighted by atomic mass is 35.5. The monoisotopic (exact) mass is 613 g/mol. The van der Waals surface area contributed by atoms with Gasteiger partial charge in [0.25, 0.3) is 5.69 Å². The van der Waals surface area contributed by atoms with Crippen molar-refractivity contribution in [3.8, 4) is 5.75 Å². The summed E-state index contributed by atoms with van der Waals surface area (Å²) >= 11 is 14.2. The summed E-state index contributed by atoms with van der Waals surface area (Å²) in [5.41, 5.74) is 1.25. The SMILES string of the molecule is O=C1C2Sc3[nH]c(=O)sc3C(c3cc([N+](=O)[O-])ccc3OCc3cccc(Cl)c3)C2C(=O)N1c1ccc(Cl)cc1. The number of aromatic amines is 1. The van der Waals surface area contributed by atoms with Gasteiger partial charge in [-0.3, -0.25) is 24.5 Å². The van der Waals surface area contributed by atoms with E-state index in [2.05, 4.69) is 4.98 Å². The molecule has 1 fully saturated rings. The van der Waals surface area contributed by atoms with Crippen LogP contribution in [0.15, 0.2) is 76.6 Å². The molecule has 2 aliphatic rings. The summed E-state index contributed by atoms with van der Waals surface area (Å²) in [7, 11) is 0. The van der Waals surface area contributed by atoms with E-state index >= 15 is 0 Å². The van der Waals surface area contributed by atoms with Crippen LogP contribution < -0.4 is 14.5 Å². The number of carbonyl (C=O) groups is 2. The molecule has 0 bridgehead atoms. The Hall–Kier alpha value is -3.64. The van der Waals surface area contributed by atoms with Gasteiger partial charge in [-0.1, -0.05) is 58.4 Å². The molecule has 202 valence electrons. The van der Waals surface area contributed by atoms with Crippen molar-refractivity contribution in [3.05, 3.63) is 113 Å². The Morgan fingerprint density at radius 2 is 1.75 bits per heavy atom. The molecule has 9 nitrogen and oxygen atoms in total. The number of benzene rings is 3. The number of hydrogen-bond donors (Lipinski definition) is 1. The zero-order valence-corrected chi connectivity index (χ0v) is 23.4. The molecule has 0 saturated carbocycles. The minimum Gasteiger partial charge on any atom is -0.489 e. The first-order valence-corrected chi connectivity index (χ1v) is 14.3. The third-order valence-corrected chi connectivity index (χ3v) is 9.62. The van der Waals surface area contributed by atoms with Gasteiger partial charge in [-0.25, -0.2) is 4.90 Å². The van der Waals surface area contributed by atoms with E-state index in [1.54, 1.807) is 42.5 Å². The summed E-state index contributed by atoms with van der Waals surface area (Å²) in [4.78, 5) is 55.3. The Labute approximate surface area is 244 Å². The molecule has 0 radical (unpaired) electrons. The molecule has 2 aliphatic heterocycles. The van der Waals surface area contributed by atoms with Gasteiger partial charge >= 0.3 is 4.87 Å². The van der Waals surface area contributed by atoms with Crippen molar-refractivity contribution >= 4 is 69.5 Å². The van der Waals surface area contributed by atoms with E-state index < -0.39 is 33.8 Å². The van der Waals surface area contributed by atoms with Gasteiger partial charge in [0, 0.05) is 38.5 Å². The van der Waals surface area contributed by atoms with E-state index in [4.69, 9.17) is 27.9 Å². The smallest absolute Gasteiger partial charge is 0.305 e. The number of anilines is 1. The number of ether oxygens (including phenoxy) is 1. The molecule has 13 heteroatoms. The Morgan fingerprint density at radius 1 is 0.975 bits per heavy atom. The Kier molecular flexibility index (Phi) is 6.91. The van der Waals surface area contributed by atoms with Crippen molar-refractivity contribution in [3.63, 3.8) is 0 Å². The number of nitrogens with one attached hydrogen (secondary N) is 1. The number of amides is 2. The van der Waals surface area contributed by atoms with Crippen molar-refractivity contribution in [1.29, 1.82) is 0 Å². The van der Waals surface area contributed by atoms with E-state index in [9.17, 15) is 24.5 Å². The fraction of sp³-hybridized carbons (Fsp3) is 0.148. The van der Waals surface area contributed by atoms with E-state index in [-0.39, 0.29) is 17.2 Å². The van der Waals surface area contributed by atoms with Crippen LogP contribution in [0.1, 0.15) is 21.9 Å². The van der Waals surface area contributed by atoms with E-state index in [1.165, 1.54) is 18.2 Å². The zero-order chi connectivity index (χ0) is 28.1. The summed E-state index contributed by atoms with van der Waals surface area (Å²) in [6, 6.07) is 17.5. The van der Waals surface area contributed by atoms with Crippen LogP contribution in [-0.2, 0) is 16.2 Å². The molecule has 1 N–H and O–H groups in total. The van der Waals surface area contributed by atoms with Gasteiger partial charge in [0.1, 0.15) is 17.6 Å². The van der Waals surface area contributed by atoms with Crippen LogP contribution in [-0.4, -0.2) is 27.0 Å². The Bertz CT molecular complexity index is 1740. The lowest BCUT2D eigenvalue weighted by atomic mass is 9.82. The maximum atomic E-state index is 14.0. The number of imide groups is 1. The normalized spacial score (nSPS) is 19.9. The fourth-order valence-electron chi connectivity index (χ4n) is 5.01. The molecule has 40 heavy (non-hydrogen) atoms. The second kappa shape index (κ2) is 10.4. The third kappa shape index (κ3) is 4.68. The minimum absolute atomic E-state index is 0.0982. The number of nitrogens with zero attached hydrogens (tertiary/aromatic N) is 2. The molecule has 4 aromatic rings. The van der Waals surface area contributed by atoms with Gasteiger partial charge in [0.2, 0.25) is 11.8 Å². The second-order valence-corrected chi connectivity index (χ2v) is 12.2. The Balaban J connectivity index is 1.48. The second-order valence-electron chi connectivity index (χ2n) is 9.14. The van der Waals surface area contributed by atoms with Crippen molar-refractivity contribution in [2.75, 3.05) is 4.90 Å². The predicted octanol–water partition coefficient (Wildman–Crippen LogP) is 6.03. The van der Waals surface area contributed by atoms with Crippen molar-refractivity contribution in [2.45, 2.75) is 22.8 Å². The predicted molar refractivity (Wildman–Crippen MR) is 153 cm³/mol. The number of thioether (sulfide) groups is 1. The van der Waals surface area contributed by atoms with Crippen LogP contribution in [0.3, 0.4) is 0 Å². The molecule has 0 spiro atoms. The molecular formula is C27H17Cl2N3O6S2. The highest BCUT2D eigenvalue weighted by Crippen LogP contribution is 2.55. The molecule has 2 amide bonds. The van der Waals surface area contributed by atoms with Gasteiger partial charge in [0.05, 0.1) is 21.6 Å². The number of aromatic nitrogens is 1. The molecule has 3 aromatic carbocycles. The van der Waals surface area contributed by atoms with Gasteiger partial charge < -0.3 is 9.72 Å². The van der Waals surface area contributed by atoms with Crippen LogP contribution in [0.4, 0.5) is 11.4 Å². The molecule has 3 atom stereocenters. The first kappa shape index (κ1) is 26.6. The van der Waals surface area contributed by atoms with Crippen LogP contribution >= 0.6 is 46.3 Å². The molecule has 6 rings (SSSR count). The molecule has 1 saturated heterocycles. The summed E-state index contributed by atoms with van der Waals surface area (Å²) < 4.78 is 6.13. The van der Waals surface area contributed by atoms with Crippen LogP contribution in [0.25, 0.3) is 0 Å². The number of nitro benzene ring substituents is 1. The summed E-state index contributed by atoms with van der Waals surface area (Å²) in [5, 5.41) is 12.3. The summed E-state index contributed by atoms with van der Waals surface area (Å²) in [5.74, 6) is -2.43. The summed E-state index contributed by atoms with van der Waals surface area (Å²) in [6.45, 7) is 0.0982. The lowest BCUT2D eigenvalue weighted by Gasteiger charge is -2.30. The molecule has 3 unspecified atom stereocenters. The first-order valence-electron chi connectivity index (χ1n) is 11.9. The molecule has 0 aliphatic carbocycles. The van der Waals surface area contributed by atoms with Gasteiger partial charge in [-0.05, 0) is 48.0 Å². The number of H-pyrrole nitrogens is 1. The molecular weight excluding hydrogens is 597 g/mol. The highest BCUT2D eigenvalue weighted by molar-refractivity contribution is 8.00. The average molecular weight is 614 g/mol. The average Bonchev–Trinajstić information content (AvgIpc) is 3.42. The quantitative estimate of drug-likeness (QED) is 0.160. The minimum atomic E-state index is -0.942. The number of thiazole rings is 1.